The number of benzene rings is 1. The van der Waals surface area contributed by atoms with Crippen molar-refractivity contribution in [2.75, 3.05) is 6.61 Å². The molecule has 0 spiro atoms. The summed E-state index contributed by atoms with van der Waals surface area (Å²) >= 11 is 0. The third-order valence-electron chi connectivity index (χ3n) is 6.25. The van der Waals surface area contributed by atoms with Gasteiger partial charge in [-0.05, 0) is 67.5 Å². The van der Waals surface area contributed by atoms with Crippen molar-refractivity contribution in [3.05, 3.63) is 48.2 Å². The molecule has 0 radical (unpaired) electrons. The lowest BCUT2D eigenvalue weighted by atomic mass is 9.90. The molecule has 0 N–H and O–H groups in total. The van der Waals surface area contributed by atoms with Gasteiger partial charge in [0.15, 0.2) is 0 Å². The lowest BCUT2D eigenvalue weighted by Gasteiger charge is -2.21. The van der Waals surface area contributed by atoms with E-state index in [1.165, 1.54) is 82.6 Å². The van der Waals surface area contributed by atoms with Crippen molar-refractivity contribution in [2.24, 2.45) is 5.92 Å². The van der Waals surface area contributed by atoms with Gasteiger partial charge in [0, 0.05) is 11.8 Å². The highest BCUT2D eigenvalue weighted by atomic mass is 16.5. The summed E-state index contributed by atoms with van der Waals surface area (Å²) in [5.41, 5.74) is 3.57. The quantitative estimate of drug-likeness (QED) is 0.341. The highest BCUT2D eigenvalue weighted by molar-refractivity contribution is 5.60. The molecule has 1 aromatic carbocycles. The summed E-state index contributed by atoms with van der Waals surface area (Å²) in [5.74, 6) is 1.73. The topological polar surface area (TPSA) is 22.1 Å². The molecule has 0 atom stereocenters. The zero-order chi connectivity index (χ0) is 20.2. The number of hydrogen-bond acceptors (Lipinski definition) is 2. The second kappa shape index (κ2) is 12.7. The number of aromatic nitrogens is 1. The zero-order valence-corrected chi connectivity index (χ0v) is 18.4. The van der Waals surface area contributed by atoms with Gasteiger partial charge in [-0.1, -0.05) is 70.8 Å². The maximum Gasteiger partial charge on any atom is 0.119 e. The van der Waals surface area contributed by atoms with Gasteiger partial charge < -0.3 is 4.74 Å². The molecule has 1 aliphatic rings. The van der Waals surface area contributed by atoms with Gasteiger partial charge in [-0.15, -0.1) is 0 Å². The number of rotatable bonds is 12. The van der Waals surface area contributed by atoms with E-state index in [0.29, 0.717) is 0 Å². The lowest BCUT2D eigenvalue weighted by Crippen LogP contribution is -2.15. The van der Waals surface area contributed by atoms with E-state index in [1.54, 1.807) is 0 Å². The van der Waals surface area contributed by atoms with E-state index in [0.717, 1.165) is 36.0 Å². The van der Waals surface area contributed by atoms with Gasteiger partial charge in [0.1, 0.15) is 5.75 Å². The predicted octanol–water partition coefficient (Wildman–Crippen LogP) is 8.00. The van der Waals surface area contributed by atoms with Crippen molar-refractivity contribution in [1.82, 2.24) is 4.98 Å². The van der Waals surface area contributed by atoms with Crippen LogP contribution in [0.3, 0.4) is 0 Å². The van der Waals surface area contributed by atoms with Gasteiger partial charge in [-0.25, -0.2) is 0 Å². The number of ether oxygens (including phenoxy) is 1. The maximum absolute atomic E-state index is 6.02. The van der Waals surface area contributed by atoms with Crippen molar-refractivity contribution in [3.63, 3.8) is 0 Å². The number of pyridine rings is 1. The Morgan fingerprint density at radius 1 is 0.828 bits per heavy atom. The molecule has 0 bridgehead atoms. The molecule has 1 heterocycles. The molecular formula is C27H39NO. The van der Waals surface area contributed by atoms with E-state index in [-0.39, 0.29) is 0 Å². The first-order chi connectivity index (χ1) is 14.3. The first-order valence-electron chi connectivity index (χ1n) is 12.0. The van der Waals surface area contributed by atoms with Gasteiger partial charge in [-0.2, -0.15) is 0 Å². The van der Waals surface area contributed by atoms with Crippen LogP contribution in [0.15, 0.2) is 42.6 Å². The van der Waals surface area contributed by atoms with Crippen LogP contribution in [0.5, 0.6) is 5.75 Å². The molecule has 1 fully saturated rings. The van der Waals surface area contributed by atoms with Crippen LogP contribution in [-0.4, -0.2) is 11.6 Å². The third-order valence-corrected chi connectivity index (χ3v) is 6.25. The predicted molar refractivity (Wildman–Crippen MR) is 123 cm³/mol. The van der Waals surface area contributed by atoms with Crippen molar-refractivity contribution in [1.29, 1.82) is 0 Å². The third kappa shape index (κ3) is 7.84. The highest BCUT2D eigenvalue weighted by Gasteiger charge is 2.13. The van der Waals surface area contributed by atoms with Gasteiger partial charge in [0.05, 0.1) is 12.3 Å². The first kappa shape index (κ1) is 21.9. The minimum absolute atomic E-state index is 0.744. The summed E-state index contributed by atoms with van der Waals surface area (Å²) in [6, 6.07) is 12.9. The minimum Gasteiger partial charge on any atom is -0.493 e. The molecular weight excluding hydrogens is 354 g/mol. The first-order valence-corrected chi connectivity index (χ1v) is 12.0. The molecule has 1 aromatic heterocycles. The average molecular weight is 394 g/mol. The number of aryl methyl sites for hydroxylation is 1. The highest BCUT2D eigenvalue weighted by Crippen LogP contribution is 2.26. The van der Waals surface area contributed by atoms with Crippen LogP contribution in [0.2, 0.25) is 0 Å². The smallest absolute Gasteiger partial charge is 0.119 e. The Morgan fingerprint density at radius 3 is 2.24 bits per heavy atom. The van der Waals surface area contributed by atoms with E-state index >= 15 is 0 Å². The second-order valence-electron chi connectivity index (χ2n) is 8.76. The SMILES string of the molecule is CCCCCCCCCc1ccc(-c2ccc(OCC3CCCCC3)cc2)nc1. The molecule has 0 saturated heterocycles. The Kier molecular flexibility index (Phi) is 9.56. The van der Waals surface area contributed by atoms with Gasteiger partial charge in [0.2, 0.25) is 0 Å². The monoisotopic (exact) mass is 393 g/mol. The summed E-state index contributed by atoms with van der Waals surface area (Å²) in [7, 11) is 0. The van der Waals surface area contributed by atoms with Crippen LogP contribution in [0.25, 0.3) is 11.3 Å². The summed E-state index contributed by atoms with van der Waals surface area (Å²) < 4.78 is 6.02. The average Bonchev–Trinajstić information content (AvgIpc) is 2.79. The molecule has 2 nitrogen and oxygen atoms in total. The van der Waals surface area contributed by atoms with Crippen LogP contribution in [0.4, 0.5) is 0 Å². The van der Waals surface area contributed by atoms with Crippen molar-refractivity contribution >= 4 is 0 Å². The fourth-order valence-electron chi connectivity index (χ4n) is 4.32. The van der Waals surface area contributed by atoms with Gasteiger partial charge in [-0.3, -0.25) is 4.98 Å². The Balaban J connectivity index is 1.39. The van der Waals surface area contributed by atoms with E-state index in [9.17, 15) is 0 Å². The Bertz CT molecular complexity index is 671. The summed E-state index contributed by atoms with van der Waals surface area (Å²) in [5, 5.41) is 0. The largest absolute Gasteiger partial charge is 0.493 e. The molecule has 2 aromatic rings. The van der Waals surface area contributed by atoms with Crippen LogP contribution in [0, 0.1) is 5.92 Å². The molecule has 1 saturated carbocycles. The van der Waals surface area contributed by atoms with E-state index in [4.69, 9.17) is 9.72 Å². The molecule has 0 unspecified atom stereocenters. The fraction of sp³-hybridized carbons (Fsp3) is 0.593. The van der Waals surface area contributed by atoms with Crippen molar-refractivity contribution in [2.45, 2.75) is 90.4 Å². The summed E-state index contributed by atoms with van der Waals surface area (Å²) in [6.07, 6.45) is 19.5. The van der Waals surface area contributed by atoms with Crippen molar-refractivity contribution in [3.8, 4) is 17.0 Å². The number of hydrogen-bond donors (Lipinski definition) is 0. The molecule has 1 aliphatic carbocycles. The van der Waals surface area contributed by atoms with E-state index in [2.05, 4.69) is 49.5 Å². The zero-order valence-electron chi connectivity index (χ0n) is 18.4. The minimum atomic E-state index is 0.744. The Labute approximate surface area is 178 Å². The van der Waals surface area contributed by atoms with Crippen LogP contribution in [-0.2, 0) is 6.42 Å². The van der Waals surface area contributed by atoms with Gasteiger partial charge >= 0.3 is 0 Å². The molecule has 3 rings (SSSR count). The normalized spacial score (nSPS) is 14.8. The van der Waals surface area contributed by atoms with E-state index < -0.39 is 0 Å². The molecule has 29 heavy (non-hydrogen) atoms. The molecule has 0 aliphatic heterocycles. The van der Waals surface area contributed by atoms with Crippen LogP contribution in [0.1, 0.15) is 89.5 Å². The van der Waals surface area contributed by atoms with Crippen LogP contribution >= 0.6 is 0 Å². The molecule has 2 heteroatoms. The molecule has 0 amide bonds. The number of nitrogens with zero attached hydrogens (tertiary/aromatic N) is 1. The number of unbranched alkanes of at least 4 members (excludes halogenated alkanes) is 6. The Morgan fingerprint density at radius 2 is 1.55 bits per heavy atom. The maximum atomic E-state index is 6.02. The fourth-order valence-corrected chi connectivity index (χ4v) is 4.32. The van der Waals surface area contributed by atoms with E-state index in [1.807, 2.05) is 0 Å². The molecule has 158 valence electrons. The van der Waals surface area contributed by atoms with Gasteiger partial charge in [0.25, 0.3) is 0 Å². The second-order valence-corrected chi connectivity index (χ2v) is 8.76. The summed E-state index contributed by atoms with van der Waals surface area (Å²) in [6.45, 7) is 3.14. The summed E-state index contributed by atoms with van der Waals surface area (Å²) in [4.78, 5) is 4.70. The van der Waals surface area contributed by atoms with Crippen molar-refractivity contribution < 1.29 is 4.74 Å². The lowest BCUT2D eigenvalue weighted by molar-refractivity contribution is 0.209. The Hall–Kier alpha value is -1.83. The van der Waals surface area contributed by atoms with Crippen LogP contribution < -0.4 is 4.74 Å². The standard InChI is InChI=1S/C27H39NO/c1-2-3-4-5-6-7-9-12-23-15-20-27(28-21-23)25-16-18-26(19-17-25)29-22-24-13-10-8-11-14-24/h15-21,24H,2-14,22H2,1H3.